The summed E-state index contributed by atoms with van der Waals surface area (Å²) in [5.74, 6) is -1.01. The molecule has 0 aliphatic carbocycles. The molecule has 4 rings (SSSR count). The molecule has 7 nitrogen and oxygen atoms in total. The molecule has 0 saturated carbocycles. The number of carbonyl (C=O) groups is 1. The maximum atomic E-state index is 13.9. The molecule has 1 aliphatic rings. The predicted molar refractivity (Wildman–Crippen MR) is 143 cm³/mol. The number of nitrogens with zero attached hydrogens (tertiary/aromatic N) is 2. The van der Waals surface area contributed by atoms with Gasteiger partial charge in [-0.15, -0.1) is 0 Å². The van der Waals surface area contributed by atoms with E-state index in [9.17, 15) is 22.7 Å². The fourth-order valence-electron chi connectivity index (χ4n) is 4.69. The van der Waals surface area contributed by atoms with Gasteiger partial charge >= 0.3 is 0 Å². The quantitative estimate of drug-likeness (QED) is 0.507. The summed E-state index contributed by atoms with van der Waals surface area (Å²) in [6, 6.07) is 19.3. The molecular weight excluding hydrogens is 507 g/mol. The van der Waals surface area contributed by atoms with E-state index in [0.29, 0.717) is 5.56 Å². The fourth-order valence-corrected chi connectivity index (χ4v) is 5.87. The van der Waals surface area contributed by atoms with Crippen LogP contribution in [0.25, 0.3) is 11.1 Å². The second-order valence-corrected chi connectivity index (χ2v) is 11.8. The monoisotopic (exact) mass is 540 g/mol. The van der Waals surface area contributed by atoms with E-state index >= 15 is 0 Å². The van der Waals surface area contributed by atoms with Gasteiger partial charge in [0.25, 0.3) is 5.91 Å². The number of amides is 1. The first-order valence-electron chi connectivity index (χ1n) is 12.6. The topological polar surface area (TPSA) is 87.2 Å². The summed E-state index contributed by atoms with van der Waals surface area (Å²) >= 11 is 0. The molecule has 0 unspecified atom stereocenters. The molecule has 3 aromatic carbocycles. The Labute approximate surface area is 223 Å². The number of carbonyl (C=O) groups excluding carboxylic acids is 1. The molecule has 9 heteroatoms. The summed E-state index contributed by atoms with van der Waals surface area (Å²) in [5.41, 5.74) is 3.03. The van der Waals surface area contributed by atoms with Crippen LogP contribution >= 0.6 is 0 Å². The minimum absolute atomic E-state index is 0.0165. The van der Waals surface area contributed by atoms with Crippen molar-refractivity contribution < 1.29 is 27.4 Å². The number of rotatable bonds is 6. The van der Waals surface area contributed by atoms with Crippen molar-refractivity contribution in [3.8, 4) is 11.1 Å². The highest BCUT2D eigenvalue weighted by Gasteiger charge is 2.32. The van der Waals surface area contributed by atoms with Gasteiger partial charge in [-0.2, -0.15) is 4.31 Å². The van der Waals surface area contributed by atoms with Gasteiger partial charge in [0.1, 0.15) is 5.82 Å². The van der Waals surface area contributed by atoms with E-state index < -0.39 is 28.0 Å². The van der Waals surface area contributed by atoms with E-state index in [0.717, 1.165) is 28.8 Å². The molecule has 38 heavy (non-hydrogen) atoms. The molecule has 0 fully saturated rings. The normalized spacial score (nSPS) is 19.4. The lowest BCUT2D eigenvalue weighted by Gasteiger charge is -2.35. The molecule has 0 spiro atoms. The van der Waals surface area contributed by atoms with Gasteiger partial charge in [-0.25, -0.2) is 12.8 Å². The SMILES string of the molecule is C[C@@H]1CN([C@@H](C)CO)C(=O)c2ccccc2-c2ccccc2CO[C@H]1CN(C)S(=O)(=O)c1ccc(F)cc1. The molecule has 1 N–H and O–H groups in total. The zero-order valence-electron chi connectivity index (χ0n) is 21.7. The minimum atomic E-state index is -3.91. The van der Waals surface area contributed by atoms with Crippen LogP contribution in [-0.4, -0.2) is 67.5 Å². The molecular formula is C29H33FN2O5S. The van der Waals surface area contributed by atoms with E-state index in [1.807, 2.05) is 49.4 Å². The highest BCUT2D eigenvalue weighted by atomic mass is 32.2. The van der Waals surface area contributed by atoms with Crippen LogP contribution in [0.1, 0.15) is 29.8 Å². The average Bonchev–Trinajstić information content (AvgIpc) is 2.94. The zero-order chi connectivity index (χ0) is 27.4. The Morgan fingerprint density at radius 3 is 2.29 bits per heavy atom. The van der Waals surface area contributed by atoms with Gasteiger partial charge in [-0.1, -0.05) is 49.4 Å². The molecule has 0 saturated heterocycles. The fraction of sp³-hybridized carbons (Fsp3) is 0.345. The summed E-state index contributed by atoms with van der Waals surface area (Å²) in [7, 11) is -2.45. The lowest BCUT2D eigenvalue weighted by molar-refractivity contribution is -0.0146. The first-order valence-corrected chi connectivity index (χ1v) is 14.0. The van der Waals surface area contributed by atoms with Crippen LogP contribution in [-0.2, 0) is 21.4 Å². The van der Waals surface area contributed by atoms with Gasteiger partial charge in [0.15, 0.2) is 0 Å². The molecule has 202 valence electrons. The number of halogens is 1. The number of hydrogen-bond acceptors (Lipinski definition) is 5. The first kappa shape index (κ1) is 27.9. The molecule has 0 bridgehead atoms. The summed E-state index contributed by atoms with van der Waals surface area (Å²) in [4.78, 5) is 15.5. The number of fused-ring (bicyclic) bond motifs is 3. The molecule has 1 aliphatic heterocycles. The van der Waals surface area contributed by atoms with Gasteiger partial charge in [0.2, 0.25) is 10.0 Å². The van der Waals surface area contributed by atoms with E-state index in [1.54, 1.807) is 17.9 Å². The number of aliphatic hydroxyl groups is 1. The standard InChI is InChI=1S/C29H33FN2O5S/c1-20-16-32(21(2)18-33)29(34)27-11-7-6-10-26(27)25-9-5-4-8-22(25)19-37-28(20)17-31(3)38(35,36)24-14-12-23(30)13-15-24/h4-15,20-21,28,33H,16-19H2,1-3H3/t20-,21+,28+/m1/s1. The Hall–Kier alpha value is -3.11. The Morgan fingerprint density at radius 2 is 1.63 bits per heavy atom. The molecule has 0 radical (unpaired) electrons. The van der Waals surface area contributed by atoms with Crippen LogP contribution in [0, 0.1) is 11.7 Å². The third-order valence-corrected chi connectivity index (χ3v) is 8.89. The molecule has 1 heterocycles. The largest absolute Gasteiger partial charge is 0.394 e. The van der Waals surface area contributed by atoms with Crippen molar-refractivity contribution in [2.75, 3.05) is 26.7 Å². The zero-order valence-corrected chi connectivity index (χ0v) is 22.6. The van der Waals surface area contributed by atoms with E-state index in [2.05, 4.69) is 0 Å². The van der Waals surface area contributed by atoms with E-state index in [-0.39, 0.29) is 43.0 Å². The highest BCUT2D eigenvalue weighted by Crippen LogP contribution is 2.31. The predicted octanol–water partition coefficient (Wildman–Crippen LogP) is 4.17. The summed E-state index contributed by atoms with van der Waals surface area (Å²) in [6.45, 7) is 3.95. The van der Waals surface area contributed by atoms with Crippen molar-refractivity contribution in [2.45, 2.75) is 37.5 Å². The van der Waals surface area contributed by atoms with Crippen LogP contribution in [0.3, 0.4) is 0 Å². The van der Waals surface area contributed by atoms with Crippen molar-refractivity contribution in [3.05, 3.63) is 89.7 Å². The first-order chi connectivity index (χ1) is 18.1. The third-order valence-electron chi connectivity index (χ3n) is 7.05. The number of hydrogen-bond donors (Lipinski definition) is 1. The number of aliphatic hydroxyl groups excluding tert-OH is 1. The van der Waals surface area contributed by atoms with Crippen molar-refractivity contribution in [1.29, 1.82) is 0 Å². The van der Waals surface area contributed by atoms with Gasteiger partial charge in [0, 0.05) is 31.6 Å². The molecule has 3 atom stereocenters. The maximum absolute atomic E-state index is 13.9. The minimum Gasteiger partial charge on any atom is -0.394 e. The van der Waals surface area contributed by atoms with Gasteiger partial charge < -0.3 is 14.7 Å². The van der Waals surface area contributed by atoms with Crippen LogP contribution in [0.2, 0.25) is 0 Å². The second kappa shape index (κ2) is 11.7. The highest BCUT2D eigenvalue weighted by molar-refractivity contribution is 7.89. The summed E-state index contributed by atoms with van der Waals surface area (Å²) < 4.78 is 47.4. The van der Waals surface area contributed by atoms with Gasteiger partial charge in [-0.3, -0.25) is 4.79 Å². The molecule has 1 amide bonds. The number of ether oxygens (including phenoxy) is 1. The van der Waals surface area contributed by atoms with Gasteiger partial charge in [0.05, 0.1) is 30.3 Å². The van der Waals surface area contributed by atoms with Crippen LogP contribution in [0.15, 0.2) is 77.7 Å². The summed E-state index contributed by atoms with van der Waals surface area (Å²) in [5, 5.41) is 9.96. The molecule has 3 aromatic rings. The van der Waals surface area contributed by atoms with Crippen LogP contribution in [0.5, 0.6) is 0 Å². The maximum Gasteiger partial charge on any atom is 0.254 e. The smallest absolute Gasteiger partial charge is 0.254 e. The second-order valence-electron chi connectivity index (χ2n) is 9.76. The summed E-state index contributed by atoms with van der Waals surface area (Å²) in [6.07, 6.45) is -0.578. The van der Waals surface area contributed by atoms with Gasteiger partial charge in [-0.05, 0) is 53.9 Å². The average molecular weight is 541 g/mol. The lowest BCUT2D eigenvalue weighted by atomic mass is 9.94. The molecule has 0 aromatic heterocycles. The van der Waals surface area contributed by atoms with Crippen molar-refractivity contribution in [3.63, 3.8) is 0 Å². The third kappa shape index (κ3) is 5.81. The van der Waals surface area contributed by atoms with Crippen molar-refractivity contribution in [1.82, 2.24) is 9.21 Å². The Morgan fingerprint density at radius 1 is 1.03 bits per heavy atom. The number of benzene rings is 3. The number of likely N-dealkylation sites (N-methyl/N-ethyl adjacent to an activating group) is 1. The van der Waals surface area contributed by atoms with Crippen LogP contribution in [0.4, 0.5) is 4.39 Å². The Bertz CT molecular complexity index is 1380. The lowest BCUT2D eigenvalue weighted by Crippen LogP contribution is -2.47. The van der Waals surface area contributed by atoms with Crippen molar-refractivity contribution >= 4 is 15.9 Å². The van der Waals surface area contributed by atoms with E-state index in [1.165, 1.54) is 23.5 Å². The Balaban J connectivity index is 1.73. The Kier molecular flexibility index (Phi) is 8.62. The number of sulfonamides is 1. The van der Waals surface area contributed by atoms with Crippen molar-refractivity contribution in [2.24, 2.45) is 5.92 Å². The van der Waals surface area contributed by atoms with E-state index in [4.69, 9.17) is 4.74 Å². The van der Waals surface area contributed by atoms with Crippen LogP contribution < -0.4 is 0 Å².